The van der Waals surface area contributed by atoms with E-state index in [1.54, 1.807) is 0 Å². The van der Waals surface area contributed by atoms with Gasteiger partial charge in [-0.1, -0.05) is 198 Å². The van der Waals surface area contributed by atoms with E-state index in [1.165, 1.54) is 128 Å². The Labute approximate surface area is 353 Å². The summed E-state index contributed by atoms with van der Waals surface area (Å²) in [7, 11) is 0. The number of aliphatic hydroxyl groups is 2. The van der Waals surface area contributed by atoms with Gasteiger partial charge in [-0.3, -0.25) is 9.59 Å². The molecule has 0 saturated heterocycles. The zero-order chi connectivity index (χ0) is 41.7. The highest BCUT2D eigenvalue weighted by molar-refractivity contribution is 5.77. The molecule has 0 aromatic rings. The third kappa shape index (κ3) is 40.6. The molecule has 0 bridgehead atoms. The lowest BCUT2D eigenvalue weighted by Gasteiger charge is -2.24. The second kappa shape index (κ2) is 45.2. The van der Waals surface area contributed by atoms with Crippen LogP contribution in [0.5, 0.6) is 0 Å². The molecule has 1 amide bonds. The van der Waals surface area contributed by atoms with Crippen LogP contribution >= 0.6 is 0 Å². The summed E-state index contributed by atoms with van der Waals surface area (Å²) in [4.78, 5) is 26.0. The summed E-state index contributed by atoms with van der Waals surface area (Å²) in [6.45, 7) is 6.40. The molecule has 0 aliphatic heterocycles. The van der Waals surface area contributed by atoms with E-state index in [2.05, 4.69) is 62.5 Å². The Morgan fingerprint density at radius 1 is 0.509 bits per heavy atom. The Balaban J connectivity index is 4.43. The number of hydrogen-bond acceptors (Lipinski definition) is 5. The van der Waals surface area contributed by atoms with Crippen molar-refractivity contribution in [3.63, 3.8) is 0 Å². The first-order chi connectivity index (χ1) is 28.0. The summed E-state index contributed by atoms with van der Waals surface area (Å²) in [6, 6.07) is -0.702. The Hall–Kier alpha value is -1.92. The number of esters is 1. The molecule has 0 spiro atoms. The van der Waals surface area contributed by atoms with E-state index in [4.69, 9.17) is 4.74 Å². The summed E-state index contributed by atoms with van der Waals surface area (Å²) < 4.78 is 5.90. The van der Waals surface area contributed by atoms with Gasteiger partial charge in [0.15, 0.2) is 0 Å². The molecule has 334 valence electrons. The van der Waals surface area contributed by atoms with Crippen molar-refractivity contribution in [1.29, 1.82) is 0 Å². The van der Waals surface area contributed by atoms with E-state index in [0.29, 0.717) is 19.3 Å². The normalized spacial score (nSPS) is 13.6. The van der Waals surface area contributed by atoms with Gasteiger partial charge in [0.25, 0.3) is 0 Å². The molecule has 3 N–H and O–H groups in total. The van der Waals surface area contributed by atoms with E-state index >= 15 is 0 Å². The van der Waals surface area contributed by atoms with Crippen molar-refractivity contribution < 1.29 is 24.5 Å². The number of carbonyl (C=O) groups excluding carboxylic acids is 2. The van der Waals surface area contributed by atoms with E-state index < -0.39 is 18.2 Å². The number of aliphatic hydroxyl groups excluding tert-OH is 2. The topological polar surface area (TPSA) is 95.9 Å². The summed E-state index contributed by atoms with van der Waals surface area (Å²) >= 11 is 0. The molecule has 0 rings (SSSR count). The number of rotatable bonds is 44. The van der Waals surface area contributed by atoms with Crippen LogP contribution in [0, 0.1) is 0 Å². The third-order valence-corrected chi connectivity index (χ3v) is 11.2. The Kier molecular flexibility index (Phi) is 43.6. The molecular formula is C51H95NO5. The zero-order valence-corrected chi connectivity index (χ0v) is 38.0. The van der Waals surface area contributed by atoms with Crippen LogP contribution in [0.25, 0.3) is 0 Å². The maximum atomic E-state index is 13.1. The van der Waals surface area contributed by atoms with Crippen molar-refractivity contribution in [2.75, 3.05) is 6.61 Å². The minimum atomic E-state index is -0.788. The molecule has 0 saturated carbocycles. The molecule has 6 nitrogen and oxygen atoms in total. The number of allylic oxidation sites excluding steroid dienone is 6. The van der Waals surface area contributed by atoms with E-state index in [0.717, 1.165) is 77.0 Å². The second-order valence-corrected chi connectivity index (χ2v) is 16.9. The Morgan fingerprint density at radius 2 is 0.912 bits per heavy atom. The smallest absolute Gasteiger partial charge is 0.306 e. The molecule has 3 unspecified atom stereocenters. The number of amides is 1. The molecule has 3 atom stereocenters. The zero-order valence-electron chi connectivity index (χ0n) is 38.0. The summed E-state index contributed by atoms with van der Waals surface area (Å²) in [5.41, 5.74) is 0. The van der Waals surface area contributed by atoms with Gasteiger partial charge in [-0.05, 0) is 77.0 Å². The SMILES string of the molecule is CCCC/C=C\CCCCCC(CC(=O)NC(CO)C(O)CCCCCCCCCCCC)OC(=O)CCCCCCCCCCC/C=C\C/C=C\CCCCC. The predicted molar refractivity (Wildman–Crippen MR) is 246 cm³/mol. The third-order valence-electron chi connectivity index (χ3n) is 11.2. The first kappa shape index (κ1) is 55.1. The average Bonchev–Trinajstić information content (AvgIpc) is 3.20. The number of hydrogen-bond donors (Lipinski definition) is 3. The first-order valence-corrected chi connectivity index (χ1v) is 24.7. The number of ether oxygens (including phenoxy) is 1. The summed E-state index contributed by atoms with van der Waals surface area (Å²) in [5, 5.41) is 23.6. The molecule has 0 heterocycles. The van der Waals surface area contributed by atoms with Gasteiger partial charge < -0.3 is 20.3 Å². The Bertz CT molecular complexity index is 946. The van der Waals surface area contributed by atoms with Crippen molar-refractivity contribution in [2.24, 2.45) is 0 Å². The van der Waals surface area contributed by atoms with Crippen LogP contribution in [-0.4, -0.2) is 46.9 Å². The quantitative estimate of drug-likeness (QED) is 0.0324. The highest BCUT2D eigenvalue weighted by atomic mass is 16.5. The van der Waals surface area contributed by atoms with Gasteiger partial charge in [-0.2, -0.15) is 0 Å². The summed E-state index contributed by atoms with van der Waals surface area (Å²) in [5.74, 6) is -0.492. The van der Waals surface area contributed by atoms with E-state index in [1.807, 2.05) is 0 Å². The predicted octanol–water partition coefficient (Wildman–Crippen LogP) is 14.5. The van der Waals surface area contributed by atoms with Gasteiger partial charge in [0.1, 0.15) is 6.10 Å². The lowest BCUT2D eigenvalue weighted by molar-refractivity contribution is -0.151. The molecule has 0 aliphatic carbocycles. The van der Waals surface area contributed by atoms with Crippen molar-refractivity contribution >= 4 is 11.9 Å². The minimum Gasteiger partial charge on any atom is -0.462 e. The molecule has 57 heavy (non-hydrogen) atoms. The van der Waals surface area contributed by atoms with Gasteiger partial charge in [0.2, 0.25) is 5.91 Å². The minimum absolute atomic E-state index is 0.0664. The molecular weight excluding hydrogens is 707 g/mol. The number of nitrogens with one attached hydrogen (secondary N) is 1. The van der Waals surface area contributed by atoms with Gasteiger partial charge in [-0.15, -0.1) is 0 Å². The van der Waals surface area contributed by atoms with Crippen molar-refractivity contribution in [3.05, 3.63) is 36.5 Å². The molecule has 0 fully saturated rings. The average molecular weight is 802 g/mol. The maximum absolute atomic E-state index is 13.1. The molecule has 0 aromatic carbocycles. The van der Waals surface area contributed by atoms with Crippen LogP contribution in [0.2, 0.25) is 0 Å². The lowest BCUT2D eigenvalue weighted by atomic mass is 10.0. The highest BCUT2D eigenvalue weighted by Gasteiger charge is 2.24. The summed E-state index contributed by atoms with van der Waals surface area (Å²) in [6.07, 6.45) is 52.1. The van der Waals surface area contributed by atoms with Crippen molar-refractivity contribution in [3.8, 4) is 0 Å². The standard InChI is InChI=1S/C51H95NO5/c1-4-7-10-13-16-19-21-22-23-24-25-26-27-28-29-32-35-38-41-44-51(56)57-47(42-39-36-33-30-18-15-12-9-6-3)45-50(55)52-48(46-53)49(54)43-40-37-34-31-20-17-14-11-8-5-2/h15-16,18-19,22-23,47-49,53-54H,4-14,17,20-21,24-46H2,1-3H3,(H,52,55)/b18-15-,19-16-,23-22-. The fraction of sp³-hybridized carbons (Fsp3) is 0.843. The fourth-order valence-electron chi connectivity index (χ4n) is 7.38. The molecule has 6 heteroatoms. The highest BCUT2D eigenvalue weighted by Crippen LogP contribution is 2.17. The van der Waals surface area contributed by atoms with Crippen LogP contribution in [0.3, 0.4) is 0 Å². The molecule has 0 radical (unpaired) electrons. The largest absolute Gasteiger partial charge is 0.462 e. The lowest BCUT2D eigenvalue weighted by Crippen LogP contribution is -2.46. The van der Waals surface area contributed by atoms with Crippen molar-refractivity contribution in [1.82, 2.24) is 5.32 Å². The number of unbranched alkanes of at least 4 members (excludes halogenated alkanes) is 26. The van der Waals surface area contributed by atoms with Crippen LogP contribution in [-0.2, 0) is 14.3 Å². The monoisotopic (exact) mass is 802 g/mol. The maximum Gasteiger partial charge on any atom is 0.306 e. The Morgan fingerprint density at radius 3 is 1.46 bits per heavy atom. The van der Waals surface area contributed by atoms with Crippen LogP contribution in [0.1, 0.15) is 252 Å². The van der Waals surface area contributed by atoms with Gasteiger partial charge in [0.05, 0.1) is 25.2 Å². The molecule has 0 aromatic heterocycles. The van der Waals surface area contributed by atoms with Gasteiger partial charge in [-0.25, -0.2) is 0 Å². The first-order valence-electron chi connectivity index (χ1n) is 24.7. The van der Waals surface area contributed by atoms with Gasteiger partial charge in [0, 0.05) is 6.42 Å². The fourth-order valence-corrected chi connectivity index (χ4v) is 7.38. The van der Waals surface area contributed by atoms with Crippen LogP contribution < -0.4 is 5.32 Å². The molecule has 0 aliphatic rings. The van der Waals surface area contributed by atoms with E-state index in [-0.39, 0.29) is 24.9 Å². The second-order valence-electron chi connectivity index (χ2n) is 16.9. The van der Waals surface area contributed by atoms with Crippen LogP contribution in [0.15, 0.2) is 36.5 Å². The van der Waals surface area contributed by atoms with Crippen LogP contribution in [0.4, 0.5) is 0 Å². The van der Waals surface area contributed by atoms with E-state index in [9.17, 15) is 19.8 Å². The van der Waals surface area contributed by atoms with Crippen molar-refractivity contribution in [2.45, 2.75) is 270 Å². The number of carbonyl (C=O) groups is 2. The van der Waals surface area contributed by atoms with Gasteiger partial charge >= 0.3 is 5.97 Å².